The molecule has 0 atom stereocenters. The zero-order chi connectivity index (χ0) is 17.2. The second-order valence-corrected chi connectivity index (χ2v) is 7.97. The molecular weight excluding hydrogens is 348 g/mol. The number of nitrogens with one attached hydrogen (secondary N) is 1. The van der Waals surface area contributed by atoms with Gasteiger partial charge >= 0.3 is 0 Å². The largest absolute Gasteiger partial charge is 0.322 e. The third-order valence-corrected chi connectivity index (χ3v) is 6.09. The quantitative estimate of drug-likeness (QED) is 0.904. The Morgan fingerprint density at radius 3 is 2.12 bits per heavy atom. The Labute approximate surface area is 146 Å². The fourth-order valence-corrected chi connectivity index (χ4v) is 4.24. The first-order chi connectivity index (χ1) is 11.5. The van der Waals surface area contributed by atoms with Gasteiger partial charge in [-0.3, -0.25) is 4.79 Å². The van der Waals surface area contributed by atoms with Crippen LogP contribution in [0.5, 0.6) is 0 Å². The van der Waals surface area contributed by atoms with E-state index in [0.717, 1.165) is 12.8 Å². The molecule has 1 aliphatic heterocycles. The maximum atomic E-state index is 12.5. The van der Waals surface area contributed by atoms with Crippen LogP contribution in [-0.4, -0.2) is 31.7 Å². The lowest BCUT2D eigenvalue weighted by atomic mass is 10.2. The van der Waals surface area contributed by atoms with Crippen LogP contribution in [0.1, 0.15) is 23.2 Å². The highest BCUT2D eigenvalue weighted by atomic mass is 35.5. The Balaban J connectivity index is 1.74. The fourth-order valence-electron chi connectivity index (χ4n) is 2.59. The summed E-state index contributed by atoms with van der Waals surface area (Å²) in [7, 11) is -3.46. The average Bonchev–Trinajstić information content (AvgIpc) is 3.12. The van der Waals surface area contributed by atoms with Crippen molar-refractivity contribution in [3.05, 3.63) is 59.1 Å². The number of amides is 1. The van der Waals surface area contributed by atoms with Gasteiger partial charge in [-0.05, 0) is 61.4 Å². The second-order valence-electron chi connectivity index (χ2n) is 5.60. The SMILES string of the molecule is O=C(Nc1ccc(Cl)cc1)c1ccc(S(=O)(=O)N2CCCC2)cc1. The molecule has 1 N–H and O–H groups in total. The number of sulfonamides is 1. The number of carbonyl (C=O) groups excluding carboxylic acids is 1. The third-order valence-electron chi connectivity index (χ3n) is 3.92. The van der Waals surface area contributed by atoms with Crippen LogP contribution in [0.4, 0.5) is 5.69 Å². The molecule has 3 rings (SSSR count). The predicted molar refractivity (Wildman–Crippen MR) is 93.8 cm³/mol. The van der Waals surface area contributed by atoms with Crippen LogP contribution in [0.3, 0.4) is 0 Å². The first-order valence-electron chi connectivity index (χ1n) is 7.64. The van der Waals surface area contributed by atoms with Crippen LogP contribution in [0.25, 0.3) is 0 Å². The van der Waals surface area contributed by atoms with Gasteiger partial charge in [0, 0.05) is 29.4 Å². The molecule has 0 radical (unpaired) electrons. The van der Waals surface area contributed by atoms with Crippen LogP contribution >= 0.6 is 11.6 Å². The highest BCUT2D eigenvalue weighted by molar-refractivity contribution is 7.89. The molecule has 1 amide bonds. The first-order valence-corrected chi connectivity index (χ1v) is 9.46. The molecule has 5 nitrogen and oxygen atoms in total. The Morgan fingerprint density at radius 1 is 0.958 bits per heavy atom. The van der Waals surface area contributed by atoms with E-state index in [4.69, 9.17) is 11.6 Å². The van der Waals surface area contributed by atoms with Crippen LogP contribution in [0.2, 0.25) is 5.02 Å². The lowest BCUT2D eigenvalue weighted by molar-refractivity contribution is 0.102. The number of benzene rings is 2. The molecule has 1 heterocycles. The van der Waals surface area contributed by atoms with Gasteiger partial charge in [0.05, 0.1) is 4.90 Å². The number of rotatable bonds is 4. The summed E-state index contributed by atoms with van der Waals surface area (Å²) in [6, 6.07) is 12.8. The summed E-state index contributed by atoms with van der Waals surface area (Å²) >= 11 is 5.81. The fraction of sp³-hybridized carbons (Fsp3) is 0.235. The summed E-state index contributed by atoms with van der Waals surface area (Å²) in [6.07, 6.45) is 1.78. The van der Waals surface area contributed by atoms with Crippen molar-refractivity contribution in [3.8, 4) is 0 Å². The Morgan fingerprint density at radius 2 is 1.54 bits per heavy atom. The van der Waals surface area contributed by atoms with E-state index in [-0.39, 0.29) is 10.8 Å². The molecule has 1 saturated heterocycles. The average molecular weight is 365 g/mol. The van der Waals surface area contributed by atoms with Crippen molar-refractivity contribution >= 4 is 33.2 Å². The maximum absolute atomic E-state index is 12.5. The molecule has 126 valence electrons. The number of halogens is 1. The van der Waals surface area contributed by atoms with E-state index < -0.39 is 10.0 Å². The van der Waals surface area contributed by atoms with E-state index in [0.29, 0.717) is 29.4 Å². The molecule has 1 aliphatic rings. The minimum atomic E-state index is -3.46. The summed E-state index contributed by atoms with van der Waals surface area (Å²) < 4.78 is 26.4. The zero-order valence-corrected chi connectivity index (χ0v) is 14.5. The van der Waals surface area contributed by atoms with Gasteiger partial charge in [0.1, 0.15) is 0 Å². The summed E-state index contributed by atoms with van der Waals surface area (Å²) in [6.45, 7) is 1.11. The Kier molecular flexibility index (Phi) is 4.89. The highest BCUT2D eigenvalue weighted by Crippen LogP contribution is 2.21. The van der Waals surface area contributed by atoms with E-state index in [1.807, 2.05) is 0 Å². The molecule has 0 aromatic heterocycles. The first kappa shape index (κ1) is 17.0. The molecule has 0 aliphatic carbocycles. The topological polar surface area (TPSA) is 66.5 Å². The third kappa shape index (κ3) is 3.61. The summed E-state index contributed by atoms with van der Waals surface area (Å²) in [5, 5.41) is 3.33. The summed E-state index contributed by atoms with van der Waals surface area (Å²) in [5.41, 5.74) is 1.02. The minimum Gasteiger partial charge on any atom is -0.322 e. The number of hydrogen-bond acceptors (Lipinski definition) is 3. The monoisotopic (exact) mass is 364 g/mol. The number of nitrogens with zero attached hydrogens (tertiary/aromatic N) is 1. The van der Waals surface area contributed by atoms with E-state index in [9.17, 15) is 13.2 Å². The summed E-state index contributed by atoms with van der Waals surface area (Å²) in [5.74, 6) is -0.303. The van der Waals surface area contributed by atoms with Crippen molar-refractivity contribution in [1.29, 1.82) is 0 Å². The van der Waals surface area contributed by atoms with Gasteiger partial charge in [0.15, 0.2) is 0 Å². The van der Waals surface area contributed by atoms with E-state index in [1.54, 1.807) is 24.3 Å². The van der Waals surface area contributed by atoms with E-state index in [1.165, 1.54) is 28.6 Å². The van der Waals surface area contributed by atoms with E-state index in [2.05, 4.69) is 5.32 Å². The van der Waals surface area contributed by atoms with Gasteiger partial charge in [-0.15, -0.1) is 0 Å². The van der Waals surface area contributed by atoms with Crippen molar-refractivity contribution in [1.82, 2.24) is 4.31 Å². The van der Waals surface area contributed by atoms with Crippen molar-refractivity contribution in [2.45, 2.75) is 17.7 Å². The van der Waals surface area contributed by atoms with Gasteiger partial charge in [-0.2, -0.15) is 4.31 Å². The van der Waals surface area contributed by atoms with Crippen molar-refractivity contribution in [3.63, 3.8) is 0 Å². The molecular formula is C17H17ClN2O3S. The molecule has 0 bridgehead atoms. The second kappa shape index (κ2) is 6.93. The summed E-state index contributed by atoms with van der Waals surface area (Å²) in [4.78, 5) is 12.4. The predicted octanol–water partition coefficient (Wildman–Crippen LogP) is 3.38. The Hall–Kier alpha value is -1.89. The van der Waals surface area contributed by atoms with Crippen molar-refractivity contribution in [2.75, 3.05) is 18.4 Å². The van der Waals surface area contributed by atoms with Gasteiger partial charge in [-0.1, -0.05) is 11.6 Å². The standard InChI is InChI=1S/C17H17ClN2O3S/c18-14-5-7-15(8-6-14)19-17(21)13-3-9-16(10-4-13)24(22,23)20-11-1-2-12-20/h3-10H,1-2,11-12H2,(H,19,21). The van der Waals surface area contributed by atoms with Crippen LogP contribution < -0.4 is 5.32 Å². The molecule has 24 heavy (non-hydrogen) atoms. The van der Waals surface area contributed by atoms with Gasteiger partial charge in [0.2, 0.25) is 10.0 Å². The van der Waals surface area contributed by atoms with Crippen molar-refractivity contribution in [2.24, 2.45) is 0 Å². The van der Waals surface area contributed by atoms with Crippen LogP contribution in [0.15, 0.2) is 53.4 Å². The van der Waals surface area contributed by atoms with Crippen molar-refractivity contribution < 1.29 is 13.2 Å². The molecule has 7 heteroatoms. The maximum Gasteiger partial charge on any atom is 0.255 e. The normalized spacial score (nSPS) is 15.4. The molecule has 0 unspecified atom stereocenters. The van der Waals surface area contributed by atoms with Gasteiger partial charge in [0.25, 0.3) is 5.91 Å². The minimum absolute atomic E-state index is 0.215. The van der Waals surface area contributed by atoms with Crippen LogP contribution in [-0.2, 0) is 10.0 Å². The molecule has 2 aromatic rings. The molecule has 1 fully saturated rings. The number of hydrogen-bond donors (Lipinski definition) is 1. The smallest absolute Gasteiger partial charge is 0.255 e. The lowest BCUT2D eigenvalue weighted by Gasteiger charge is -2.15. The van der Waals surface area contributed by atoms with Crippen LogP contribution in [0, 0.1) is 0 Å². The van der Waals surface area contributed by atoms with Gasteiger partial charge < -0.3 is 5.32 Å². The highest BCUT2D eigenvalue weighted by Gasteiger charge is 2.27. The zero-order valence-electron chi connectivity index (χ0n) is 12.9. The molecule has 0 spiro atoms. The van der Waals surface area contributed by atoms with Gasteiger partial charge in [-0.25, -0.2) is 8.42 Å². The number of carbonyl (C=O) groups is 1. The van der Waals surface area contributed by atoms with E-state index >= 15 is 0 Å². The molecule has 2 aromatic carbocycles. The lowest BCUT2D eigenvalue weighted by Crippen LogP contribution is -2.27. The molecule has 0 saturated carbocycles. The number of anilines is 1. The Bertz CT molecular complexity index is 827.